The van der Waals surface area contributed by atoms with Gasteiger partial charge in [0.1, 0.15) is 0 Å². The molecule has 10 aromatic carbocycles. The van der Waals surface area contributed by atoms with Crippen molar-refractivity contribution in [1.82, 2.24) is 0 Å². The number of aryl methyl sites for hydroxylation is 3. The zero-order valence-electron chi connectivity index (χ0n) is 57.0. The molecule has 456 valence electrons. The van der Waals surface area contributed by atoms with Gasteiger partial charge in [-0.1, -0.05) is 427 Å². The second-order valence-electron chi connectivity index (χ2n) is 17.2. The van der Waals surface area contributed by atoms with E-state index in [1.807, 2.05) is 123 Å². The Balaban J connectivity index is -0.000000948. The van der Waals surface area contributed by atoms with Crippen LogP contribution in [0.2, 0.25) is 0 Å². The van der Waals surface area contributed by atoms with E-state index in [0.29, 0.717) is 11.8 Å². The zero-order valence-corrected chi connectivity index (χ0v) is 57.0. The first-order chi connectivity index (χ1) is 42.0. The van der Waals surface area contributed by atoms with Crippen LogP contribution < -0.4 is 0 Å². The summed E-state index contributed by atoms with van der Waals surface area (Å²) in [5.41, 5.74) is 16.1. The Morgan fingerprint density at radius 1 is 0.224 bits per heavy atom. The minimum Gasteiger partial charge on any atom is -0.0683 e. The van der Waals surface area contributed by atoms with Crippen LogP contribution in [0.5, 0.6) is 0 Å². The smallest absolute Gasteiger partial charge is 0.0339 e. The molecule has 0 bridgehead atoms. The molecule has 0 unspecified atom stereocenters. The summed E-state index contributed by atoms with van der Waals surface area (Å²) in [6.45, 7) is 40.6. The fraction of sp³-hybridized carbons (Fsp3) is 0.294. The van der Waals surface area contributed by atoms with Gasteiger partial charge in [0.25, 0.3) is 0 Å². The van der Waals surface area contributed by atoms with E-state index in [0.717, 1.165) is 19.3 Å². The molecule has 10 aromatic rings. The predicted molar refractivity (Wildman–Crippen MR) is 389 cm³/mol. The van der Waals surface area contributed by atoms with E-state index >= 15 is 0 Å². The van der Waals surface area contributed by atoms with Crippen molar-refractivity contribution in [2.75, 3.05) is 0 Å². The van der Waals surface area contributed by atoms with E-state index < -0.39 is 0 Å². The van der Waals surface area contributed by atoms with Crippen LogP contribution in [0.1, 0.15) is 199 Å². The fourth-order valence-corrected chi connectivity index (χ4v) is 8.18. The topological polar surface area (TPSA) is 0 Å². The Labute approximate surface area is 524 Å². The lowest BCUT2D eigenvalue weighted by Crippen LogP contribution is -2.03. The number of rotatable bonds is 10. The van der Waals surface area contributed by atoms with Crippen LogP contribution in [0.25, 0.3) is 11.1 Å². The Morgan fingerprint density at radius 3 is 0.718 bits per heavy atom. The van der Waals surface area contributed by atoms with Crippen molar-refractivity contribution in [3.05, 3.63) is 347 Å². The van der Waals surface area contributed by atoms with Crippen LogP contribution in [-0.2, 0) is 12.8 Å². The highest BCUT2D eigenvalue weighted by atomic mass is 14.2. The fourth-order valence-electron chi connectivity index (χ4n) is 8.18. The van der Waals surface area contributed by atoms with Crippen LogP contribution in [-0.4, -0.2) is 0 Å². The molecule has 10 rings (SSSR count). The standard InChI is InChI=1S/C20H18.C15H16.2C13H12.C8H10.8C2H6/c1-16-12-14-19(15-13-16)20(17-8-4-2-5-9-17)18-10-6-3-7-11-18;1-2-15(13-9-5-3-6-10-13)14-11-7-4-8-12-14;1-11-7-9-13(10-8-11)12-5-3-2-4-6-12;1-3-7-12(8-4-1)11-13-9-5-2-6-10-13;1-2-8-6-4-3-5-7-8;8*1-2/h2-15,20H,1H3;3-12,15H,2H2,1H3;2-10H,1H3;1-10H,11H2;3-7H,2H2,1H3;8*1-2H3. The van der Waals surface area contributed by atoms with Crippen molar-refractivity contribution in [2.45, 2.75) is 170 Å². The molecule has 0 radical (unpaired) electrons. The van der Waals surface area contributed by atoms with Gasteiger partial charge in [-0.15, -0.1) is 0 Å². The van der Waals surface area contributed by atoms with E-state index in [1.165, 1.54) is 66.8 Å². The first kappa shape index (κ1) is 81.4. The highest BCUT2D eigenvalue weighted by Crippen LogP contribution is 2.32. The van der Waals surface area contributed by atoms with E-state index in [4.69, 9.17) is 0 Å². The maximum absolute atomic E-state index is 2.24. The number of hydrogen-bond acceptors (Lipinski definition) is 0. The van der Waals surface area contributed by atoms with Gasteiger partial charge in [-0.25, -0.2) is 0 Å². The monoisotopic (exact) mass is 1140 g/mol. The Morgan fingerprint density at radius 2 is 0.447 bits per heavy atom. The first-order valence-corrected chi connectivity index (χ1v) is 32.5. The molecular weight excluding hydrogens is 1020 g/mol. The maximum Gasteiger partial charge on any atom is 0.0339 e. The summed E-state index contributed by atoms with van der Waals surface area (Å²) in [5.74, 6) is 0.838. The van der Waals surface area contributed by atoms with E-state index in [-0.39, 0.29) is 0 Å². The van der Waals surface area contributed by atoms with Crippen molar-refractivity contribution in [1.29, 1.82) is 0 Å². The molecule has 0 spiro atoms. The summed E-state index contributed by atoms with van der Waals surface area (Å²) < 4.78 is 0. The minimum atomic E-state index is 0.304. The Bertz CT molecular complexity index is 2690. The second kappa shape index (κ2) is 59.4. The van der Waals surface area contributed by atoms with Gasteiger partial charge in [-0.05, 0) is 88.7 Å². The lowest BCUT2D eigenvalue weighted by Gasteiger charge is -2.19. The summed E-state index contributed by atoms with van der Waals surface area (Å²) in [4.78, 5) is 0. The molecule has 0 saturated heterocycles. The normalized spacial score (nSPS) is 8.82. The molecular formula is C85H116. The van der Waals surface area contributed by atoms with Crippen molar-refractivity contribution in [3.8, 4) is 11.1 Å². The largest absolute Gasteiger partial charge is 0.0683 e. The van der Waals surface area contributed by atoms with Gasteiger partial charge in [0, 0.05) is 11.8 Å². The first-order valence-electron chi connectivity index (χ1n) is 32.5. The highest BCUT2D eigenvalue weighted by molar-refractivity contribution is 5.63. The van der Waals surface area contributed by atoms with Gasteiger partial charge in [0.2, 0.25) is 0 Å². The Kier molecular flexibility index (Phi) is 56.9. The van der Waals surface area contributed by atoms with Crippen molar-refractivity contribution in [3.63, 3.8) is 0 Å². The van der Waals surface area contributed by atoms with Gasteiger partial charge in [-0.3, -0.25) is 0 Å². The molecule has 0 N–H and O–H groups in total. The molecule has 0 aliphatic rings. The van der Waals surface area contributed by atoms with E-state index in [2.05, 4.69) is 307 Å². The van der Waals surface area contributed by atoms with Crippen LogP contribution in [0, 0.1) is 13.8 Å². The van der Waals surface area contributed by atoms with Crippen LogP contribution in [0.3, 0.4) is 0 Å². The van der Waals surface area contributed by atoms with Gasteiger partial charge in [0.15, 0.2) is 0 Å². The summed E-state index contributed by atoms with van der Waals surface area (Å²) in [6.07, 6.45) is 3.32. The highest BCUT2D eigenvalue weighted by Gasteiger charge is 2.16. The molecule has 0 heteroatoms. The lowest BCUT2D eigenvalue weighted by molar-refractivity contribution is 0.777. The molecule has 0 nitrogen and oxygen atoms in total. The maximum atomic E-state index is 2.24. The summed E-state index contributed by atoms with van der Waals surface area (Å²) >= 11 is 0. The average Bonchev–Trinajstić information content (AvgIpc) is 3.77. The molecule has 0 amide bonds. The average molecular weight is 1140 g/mol. The molecule has 0 aromatic heterocycles. The lowest BCUT2D eigenvalue weighted by atomic mass is 9.85. The Hall–Kier alpha value is -7.80. The molecule has 0 heterocycles. The minimum absolute atomic E-state index is 0.304. The van der Waals surface area contributed by atoms with Crippen molar-refractivity contribution >= 4 is 0 Å². The molecule has 0 aliphatic carbocycles. The van der Waals surface area contributed by atoms with Crippen LogP contribution in [0.4, 0.5) is 0 Å². The van der Waals surface area contributed by atoms with E-state index in [1.54, 1.807) is 0 Å². The zero-order chi connectivity index (χ0) is 64.1. The predicted octanol–water partition coefficient (Wildman–Crippen LogP) is 26.8. The third kappa shape index (κ3) is 35.8. The quantitative estimate of drug-likeness (QED) is 0.120. The summed E-state index contributed by atoms with van der Waals surface area (Å²) in [6, 6.07) is 102. The third-order valence-electron chi connectivity index (χ3n) is 12.0. The van der Waals surface area contributed by atoms with Crippen molar-refractivity contribution < 1.29 is 0 Å². The van der Waals surface area contributed by atoms with Gasteiger partial charge >= 0.3 is 0 Å². The third-order valence-corrected chi connectivity index (χ3v) is 12.0. The molecule has 0 aliphatic heterocycles. The van der Waals surface area contributed by atoms with Crippen molar-refractivity contribution in [2.24, 2.45) is 0 Å². The second-order valence-corrected chi connectivity index (χ2v) is 17.2. The summed E-state index contributed by atoms with van der Waals surface area (Å²) in [5, 5.41) is 0. The van der Waals surface area contributed by atoms with Crippen LogP contribution in [0.15, 0.2) is 291 Å². The molecule has 0 saturated carbocycles. The molecule has 85 heavy (non-hydrogen) atoms. The number of hydrogen-bond donors (Lipinski definition) is 0. The number of benzene rings is 10. The molecule has 0 fully saturated rings. The van der Waals surface area contributed by atoms with Gasteiger partial charge in [-0.2, -0.15) is 0 Å². The molecule has 0 atom stereocenters. The van der Waals surface area contributed by atoms with E-state index in [9.17, 15) is 0 Å². The summed E-state index contributed by atoms with van der Waals surface area (Å²) in [7, 11) is 0. The van der Waals surface area contributed by atoms with Crippen LogP contribution >= 0.6 is 0 Å². The van der Waals surface area contributed by atoms with Gasteiger partial charge < -0.3 is 0 Å². The SMILES string of the molecule is CC.CC.CC.CC.CC.CC.CC.CC.CCC(c1ccccc1)c1ccccc1.CCc1ccccc1.Cc1ccc(-c2ccccc2)cc1.Cc1ccc(C(c2ccccc2)c2ccccc2)cc1.c1ccc(Cc2ccccc2)cc1. The van der Waals surface area contributed by atoms with Gasteiger partial charge in [0.05, 0.1) is 0 Å².